The highest BCUT2D eigenvalue weighted by molar-refractivity contribution is 5.92. The van der Waals surface area contributed by atoms with Crippen LogP contribution in [0.5, 0.6) is 0 Å². The number of esters is 1. The minimum atomic E-state index is -0.608. The molecule has 0 bridgehead atoms. The van der Waals surface area contributed by atoms with Gasteiger partial charge in [-0.05, 0) is 24.6 Å². The van der Waals surface area contributed by atoms with E-state index in [0.29, 0.717) is 6.42 Å². The van der Waals surface area contributed by atoms with Gasteiger partial charge in [0, 0.05) is 5.41 Å². The number of carbonyl (C=O) groups excluding carboxylic acids is 1. The predicted octanol–water partition coefficient (Wildman–Crippen LogP) is 2.11. The molecule has 0 saturated heterocycles. The van der Waals surface area contributed by atoms with E-state index in [1.54, 1.807) is 13.2 Å². The molecule has 0 heterocycles. The quantitative estimate of drug-likeness (QED) is 0.425. The van der Waals surface area contributed by atoms with Crippen molar-refractivity contribution in [2.24, 2.45) is 5.41 Å². The van der Waals surface area contributed by atoms with Gasteiger partial charge in [-0.15, -0.1) is 0 Å². The van der Waals surface area contributed by atoms with Crippen molar-refractivity contribution in [2.75, 3.05) is 14.2 Å². The molecule has 0 aliphatic heterocycles. The fourth-order valence-electron chi connectivity index (χ4n) is 1.56. The third-order valence-electron chi connectivity index (χ3n) is 2.61. The molecule has 0 amide bonds. The molecule has 0 aromatic carbocycles. The van der Waals surface area contributed by atoms with E-state index in [-0.39, 0.29) is 11.0 Å². The monoisotopic (exact) mass is 233 g/mol. The fraction of sp³-hybridized carbons (Fsp3) is 0.385. The molecule has 1 aliphatic rings. The average Bonchev–Trinajstić information content (AvgIpc) is 2.36. The Kier molecular flexibility index (Phi) is 4.11. The lowest BCUT2D eigenvalue weighted by Crippen LogP contribution is -2.15. The number of ether oxygens (including phenoxy) is 2. The van der Waals surface area contributed by atoms with Crippen LogP contribution in [0.1, 0.15) is 13.3 Å². The number of nitriles is 1. The molecule has 0 saturated carbocycles. The van der Waals surface area contributed by atoms with E-state index in [4.69, 9.17) is 10.00 Å². The summed E-state index contributed by atoms with van der Waals surface area (Å²) in [5, 5.41) is 8.89. The van der Waals surface area contributed by atoms with Crippen molar-refractivity contribution < 1.29 is 14.3 Å². The number of hydrogen-bond donors (Lipinski definition) is 0. The van der Waals surface area contributed by atoms with Crippen LogP contribution in [0.4, 0.5) is 0 Å². The Morgan fingerprint density at radius 2 is 2.29 bits per heavy atom. The number of allylic oxidation sites excluding steroid dienone is 4. The molecule has 1 aliphatic carbocycles. The van der Waals surface area contributed by atoms with Gasteiger partial charge in [-0.2, -0.15) is 5.26 Å². The number of nitrogens with zero attached hydrogens (tertiary/aromatic N) is 1. The lowest BCUT2D eigenvalue weighted by Gasteiger charge is -2.24. The smallest absolute Gasteiger partial charge is 0.348 e. The van der Waals surface area contributed by atoms with Crippen molar-refractivity contribution in [3.05, 3.63) is 35.6 Å². The minimum absolute atomic E-state index is 0.0221. The highest BCUT2D eigenvalue weighted by Crippen LogP contribution is 2.32. The lowest BCUT2D eigenvalue weighted by molar-refractivity contribution is -0.135. The molecule has 0 aromatic heterocycles. The van der Waals surface area contributed by atoms with Crippen molar-refractivity contribution in [1.29, 1.82) is 5.26 Å². The van der Waals surface area contributed by atoms with E-state index >= 15 is 0 Å². The van der Waals surface area contributed by atoms with Crippen LogP contribution < -0.4 is 0 Å². The van der Waals surface area contributed by atoms with Gasteiger partial charge >= 0.3 is 5.97 Å². The van der Waals surface area contributed by atoms with Crippen LogP contribution in [0, 0.1) is 16.7 Å². The van der Waals surface area contributed by atoms with Crippen LogP contribution in [0.25, 0.3) is 0 Å². The van der Waals surface area contributed by atoms with E-state index in [2.05, 4.69) is 4.74 Å². The summed E-state index contributed by atoms with van der Waals surface area (Å²) in [7, 11) is 2.86. The summed E-state index contributed by atoms with van der Waals surface area (Å²) in [4.78, 5) is 11.3. The summed E-state index contributed by atoms with van der Waals surface area (Å²) in [6.07, 6.45) is 7.95. The van der Waals surface area contributed by atoms with E-state index in [1.165, 1.54) is 7.11 Å². The van der Waals surface area contributed by atoms with Gasteiger partial charge in [-0.3, -0.25) is 0 Å². The van der Waals surface area contributed by atoms with E-state index in [1.807, 2.05) is 31.2 Å². The second-order valence-electron chi connectivity index (χ2n) is 4.02. The highest BCUT2D eigenvalue weighted by Gasteiger charge is 2.23. The average molecular weight is 233 g/mol. The third kappa shape index (κ3) is 3.22. The van der Waals surface area contributed by atoms with Gasteiger partial charge in [0.05, 0.1) is 14.2 Å². The molecule has 1 unspecified atom stereocenters. The molecule has 0 radical (unpaired) electrons. The Morgan fingerprint density at radius 3 is 2.71 bits per heavy atom. The largest absolute Gasteiger partial charge is 0.497 e. The molecule has 90 valence electrons. The number of rotatable bonds is 3. The second-order valence-corrected chi connectivity index (χ2v) is 4.02. The highest BCUT2D eigenvalue weighted by atomic mass is 16.5. The van der Waals surface area contributed by atoms with Crippen LogP contribution >= 0.6 is 0 Å². The van der Waals surface area contributed by atoms with Gasteiger partial charge in [-0.25, -0.2) is 4.79 Å². The van der Waals surface area contributed by atoms with Crippen molar-refractivity contribution in [2.45, 2.75) is 13.3 Å². The second kappa shape index (κ2) is 5.35. The summed E-state index contributed by atoms with van der Waals surface area (Å²) in [6.45, 7) is 1.94. The van der Waals surface area contributed by atoms with Gasteiger partial charge in [-0.1, -0.05) is 13.0 Å². The first-order valence-corrected chi connectivity index (χ1v) is 5.19. The Bertz CT molecular complexity index is 440. The van der Waals surface area contributed by atoms with Crippen molar-refractivity contribution in [3.8, 4) is 6.07 Å². The summed E-state index contributed by atoms with van der Waals surface area (Å²) in [6, 6.07) is 1.85. The molecular formula is C13H15NO3. The van der Waals surface area contributed by atoms with Gasteiger partial charge in [0.1, 0.15) is 17.4 Å². The van der Waals surface area contributed by atoms with Crippen molar-refractivity contribution in [1.82, 2.24) is 0 Å². The molecule has 1 atom stereocenters. The molecule has 0 fully saturated rings. The van der Waals surface area contributed by atoms with Crippen molar-refractivity contribution in [3.63, 3.8) is 0 Å². The molecule has 17 heavy (non-hydrogen) atoms. The predicted molar refractivity (Wildman–Crippen MR) is 62.7 cm³/mol. The Morgan fingerprint density at radius 1 is 1.59 bits per heavy atom. The van der Waals surface area contributed by atoms with Crippen LogP contribution in [-0.2, 0) is 14.3 Å². The Balaban J connectivity index is 2.92. The van der Waals surface area contributed by atoms with Gasteiger partial charge < -0.3 is 9.47 Å². The minimum Gasteiger partial charge on any atom is -0.497 e. The lowest BCUT2D eigenvalue weighted by atomic mass is 9.82. The van der Waals surface area contributed by atoms with Crippen LogP contribution in [0.2, 0.25) is 0 Å². The van der Waals surface area contributed by atoms with Gasteiger partial charge in [0.15, 0.2) is 0 Å². The molecule has 1 rings (SSSR count). The van der Waals surface area contributed by atoms with E-state index in [0.717, 1.165) is 5.76 Å². The molecular weight excluding hydrogens is 218 g/mol. The number of hydrogen-bond acceptors (Lipinski definition) is 4. The first-order valence-electron chi connectivity index (χ1n) is 5.19. The summed E-state index contributed by atoms with van der Waals surface area (Å²) < 4.78 is 9.62. The Labute approximate surface area is 101 Å². The zero-order valence-electron chi connectivity index (χ0n) is 10.2. The van der Waals surface area contributed by atoms with Gasteiger partial charge in [0.2, 0.25) is 0 Å². The third-order valence-corrected chi connectivity index (χ3v) is 2.61. The SMILES string of the molecule is COC(=O)C(C#N)=CC1(C)C=CC(OC)=CC1. The zero-order chi connectivity index (χ0) is 12.9. The molecule has 4 heteroatoms. The maximum absolute atomic E-state index is 11.3. The van der Waals surface area contributed by atoms with Gasteiger partial charge in [0.25, 0.3) is 0 Å². The first-order chi connectivity index (χ1) is 8.04. The first kappa shape index (κ1) is 13.0. The fourth-order valence-corrected chi connectivity index (χ4v) is 1.56. The van der Waals surface area contributed by atoms with Crippen molar-refractivity contribution >= 4 is 5.97 Å². The molecule has 0 spiro atoms. The maximum Gasteiger partial charge on any atom is 0.348 e. The molecule has 4 nitrogen and oxygen atoms in total. The summed E-state index contributed by atoms with van der Waals surface area (Å²) >= 11 is 0. The summed E-state index contributed by atoms with van der Waals surface area (Å²) in [5.41, 5.74) is -0.338. The van der Waals surface area contributed by atoms with Crippen LogP contribution in [-0.4, -0.2) is 20.2 Å². The zero-order valence-corrected chi connectivity index (χ0v) is 10.2. The Hall–Kier alpha value is -2.02. The molecule has 0 aromatic rings. The van der Waals surface area contributed by atoms with Crippen LogP contribution in [0.3, 0.4) is 0 Å². The van der Waals surface area contributed by atoms with E-state index < -0.39 is 5.97 Å². The molecule has 0 N–H and O–H groups in total. The van der Waals surface area contributed by atoms with Crippen LogP contribution in [0.15, 0.2) is 35.6 Å². The normalized spacial score (nSPS) is 23.6. The standard InChI is InChI=1S/C13H15NO3/c1-13(6-4-11(16-2)5-7-13)8-10(9-14)12(15)17-3/h4-6,8H,7H2,1-3H3. The summed E-state index contributed by atoms with van der Waals surface area (Å²) in [5.74, 6) is 0.177. The number of carbonyl (C=O) groups is 1. The van der Waals surface area contributed by atoms with E-state index in [9.17, 15) is 4.79 Å². The topological polar surface area (TPSA) is 59.3 Å². The number of methoxy groups -OCH3 is 2. The maximum atomic E-state index is 11.3.